The molecule has 0 aliphatic carbocycles. The second kappa shape index (κ2) is 5.81. The molecule has 2 N–H and O–H groups in total. The van der Waals surface area contributed by atoms with E-state index in [0.29, 0.717) is 11.6 Å². The number of carbonyl (C=O) groups is 1. The predicted octanol–water partition coefficient (Wildman–Crippen LogP) is 2.39. The van der Waals surface area contributed by atoms with E-state index >= 15 is 0 Å². The Labute approximate surface area is 123 Å². The van der Waals surface area contributed by atoms with Crippen molar-refractivity contribution in [3.05, 3.63) is 29.6 Å². The topological polar surface area (TPSA) is 67.1 Å². The number of carboxylic acid groups (broad SMARTS) is 1. The Kier molecular flexibility index (Phi) is 4.30. The summed E-state index contributed by atoms with van der Waals surface area (Å²) in [6, 6.07) is 3.84. The number of hydrogen-bond acceptors (Lipinski definition) is 3. The molecule has 6 heteroatoms. The molecular formula is C14H18ClN3O2. The first-order valence-corrected chi connectivity index (χ1v) is 6.58. The van der Waals surface area contributed by atoms with E-state index in [9.17, 15) is 4.79 Å². The predicted molar refractivity (Wildman–Crippen MR) is 79.8 cm³/mol. The van der Waals surface area contributed by atoms with Gasteiger partial charge >= 0.3 is 5.97 Å². The lowest BCUT2D eigenvalue weighted by Crippen LogP contribution is -2.29. The number of aromatic carboxylic acids is 1. The first-order chi connectivity index (χ1) is 9.16. The maximum Gasteiger partial charge on any atom is 0.335 e. The maximum absolute atomic E-state index is 11.1. The van der Waals surface area contributed by atoms with Crippen LogP contribution >= 0.6 is 12.4 Å². The quantitative estimate of drug-likeness (QED) is 0.893. The fourth-order valence-corrected chi connectivity index (χ4v) is 2.86. The van der Waals surface area contributed by atoms with Gasteiger partial charge in [-0.3, -0.25) is 0 Å². The molecule has 3 rings (SSSR count). The Balaban J connectivity index is 0.00000147. The number of hydrogen-bond donors (Lipinski definition) is 2. The highest BCUT2D eigenvalue weighted by Gasteiger charge is 2.19. The summed E-state index contributed by atoms with van der Waals surface area (Å²) < 4.78 is 2.21. The average Bonchev–Trinajstić information content (AvgIpc) is 2.84. The van der Waals surface area contributed by atoms with Gasteiger partial charge in [-0.05, 0) is 50.6 Å². The number of aryl methyl sites for hydroxylation is 1. The van der Waals surface area contributed by atoms with Gasteiger partial charge in [-0.2, -0.15) is 0 Å². The van der Waals surface area contributed by atoms with Crippen molar-refractivity contribution in [2.45, 2.75) is 25.8 Å². The average molecular weight is 296 g/mol. The highest BCUT2D eigenvalue weighted by atomic mass is 35.5. The maximum atomic E-state index is 11.1. The van der Waals surface area contributed by atoms with Crippen LogP contribution in [0.2, 0.25) is 0 Å². The van der Waals surface area contributed by atoms with Crippen LogP contribution in [0.15, 0.2) is 18.5 Å². The van der Waals surface area contributed by atoms with Crippen LogP contribution in [0.3, 0.4) is 0 Å². The molecule has 1 aliphatic rings. The van der Waals surface area contributed by atoms with E-state index in [2.05, 4.69) is 14.9 Å². The number of fused-ring (bicyclic) bond motifs is 1. The molecule has 1 aliphatic heterocycles. The molecular weight excluding hydrogens is 278 g/mol. The smallest absolute Gasteiger partial charge is 0.335 e. The molecule has 2 heterocycles. The SMILES string of the molecule is Cc1cc(C(=O)O)cc2ncn(C3CCNCC3)c12.Cl. The van der Waals surface area contributed by atoms with Crippen LogP contribution in [0.25, 0.3) is 11.0 Å². The van der Waals surface area contributed by atoms with Gasteiger partial charge in [0.15, 0.2) is 0 Å². The molecule has 5 nitrogen and oxygen atoms in total. The van der Waals surface area contributed by atoms with Crippen molar-refractivity contribution in [3.63, 3.8) is 0 Å². The molecule has 108 valence electrons. The highest BCUT2D eigenvalue weighted by Crippen LogP contribution is 2.27. The summed E-state index contributed by atoms with van der Waals surface area (Å²) in [6.07, 6.45) is 4.02. The molecule has 0 atom stereocenters. The lowest BCUT2D eigenvalue weighted by molar-refractivity contribution is 0.0697. The molecule has 20 heavy (non-hydrogen) atoms. The molecule has 0 spiro atoms. The van der Waals surface area contributed by atoms with Crippen molar-refractivity contribution >= 4 is 29.4 Å². The summed E-state index contributed by atoms with van der Waals surface area (Å²) in [5.41, 5.74) is 3.12. The zero-order valence-electron chi connectivity index (χ0n) is 11.3. The van der Waals surface area contributed by atoms with E-state index in [1.165, 1.54) is 0 Å². The molecule has 1 aromatic carbocycles. The Morgan fingerprint density at radius 3 is 2.75 bits per heavy atom. The van der Waals surface area contributed by atoms with E-state index < -0.39 is 5.97 Å². The third-order valence-corrected chi connectivity index (χ3v) is 3.81. The third-order valence-electron chi connectivity index (χ3n) is 3.81. The van der Waals surface area contributed by atoms with Crippen LogP contribution in [0.4, 0.5) is 0 Å². The summed E-state index contributed by atoms with van der Waals surface area (Å²) in [6.45, 7) is 4.00. The number of aromatic nitrogens is 2. The second-order valence-electron chi connectivity index (χ2n) is 5.10. The number of imidazole rings is 1. The molecule has 0 saturated carbocycles. The van der Waals surface area contributed by atoms with Gasteiger partial charge in [0.05, 0.1) is 22.9 Å². The van der Waals surface area contributed by atoms with Gasteiger partial charge in [0.25, 0.3) is 0 Å². The van der Waals surface area contributed by atoms with Crippen LogP contribution in [0, 0.1) is 6.92 Å². The molecule has 0 bridgehead atoms. The highest BCUT2D eigenvalue weighted by molar-refractivity contribution is 5.93. The lowest BCUT2D eigenvalue weighted by atomic mass is 10.0. The molecule has 0 unspecified atom stereocenters. The summed E-state index contributed by atoms with van der Waals surface area (Å²) in [4.78, 5) is 15.4. The van der Waals surface area contributed by atoms with Crippen LogP contribution in [0.5, 0.6) is 0 Å². The summed E-state index contributed by atoms with van der Waals surface area (Å²) in [7, 11) is 0. The van der Waals surface area contributed by atoms with E-state index in [4.69, 9.17) is 5.11 Å². The number of rotatable bonds is 2. The monoisotopic (exact) mass is 295 g/mol. The van der Waals surface area contributed by atoms with Crippen molar-refractivity contribution in [3.8, 4) is 0 Å². The van der Waals surface area contributed by atoms with Crippen LogP contribution < -0.4 is 5.32 Å². The van der Waals surface area contributed by atoms with Crippen molar-refractivity contribution in [2.75, 3.05) is 13.1 Å². The number of halogens is 1. The molecule has 1 aromatic heterocycles. The van der Waals surface area contributed by atoms with Crippen molar-refractivity contribution in [1.82, 2.24) is 14.9 Å². The first kappa shape index (κ1) is 14.8. The van der Waals surface area contributed by atoms with Gasteiger partial charge in [-0.1, -0.05) is 0 Å². The fraction of sp³-hybridized carbons (Fsp3) is 0.429. The second-order valence-corrected chi connectivity index (χ2v) is 5.10. The van der Waals surface area contributed by atoms with Crippen LogP contribution in [-0.4, -0.2) is 33.7 Å². The van der Waals surface area contributed by atoms with E-state index in [1.807, 2.05) is 13.3 Å². The van der Waals surface area contributed by atoms with Crippen molar-refractivity contribution in [2.24, 2.45) is 0 Å². The third kappa shape index (κ3) is 2.51. The Bertz CT molecular complexity index is 633. The molecule has 1 fully saturated rings. The van der Waals surface area contributed by atoms with Crippen LogP contribution in [0.1, 0.15) is 34.8 Å². The minimum Gasteiger partial charge on any atom is -0.478 e. The Morgan fingerprint density at radius 2 is 2.10 bits per heavy atom. The molecule has 0 amide bonds. The summed E-state index contributed by atoms with van der Waals surface area (Å²) in [5.74, 6) is -0.901. The molecule has 1 saturated heterocycles. The fourth-order valence-electron chi connectivity index (χ4n) is 2.86. The van der Waals surface area contributed by atoms with Gasteiger partial charge < -0.3 is 15.0 Å². The zero-order valence-corrected chi connectivity index (χ0v) is 12.1. The Morgan fingerprint density at radius 1 is 1.40 bits per heavy atom. The van der Waals surface area contributed by atoms with E-state index in [1.54, 1.807) is 12.1 Å². The Hall–Kier alpha value is -1.59. The number of benzene rings is 1. The van der Waals surface area contributed by atoms with E-state index in [0.717, 1.165) is 42.5 Å². The molecule has 0 radical (unpaired) electrons. The first-order valence-electron chi connectivity index (χ1n) is 6.58. The summed E-state index contributed by atoms with van der Waals surface area (Å²) in [5, 5.41) is 12.4. The van der Waals surface area contributed by atoms with Gasteiger partial charge in [0.1, 0.15) is 0 Å². The van der Waals surface area contributed by atoms with Gasteiger partial charge in [-0.25, -0.2) is 9.78 Å². The standard InChI is InChI=1S/C14H17N3O2.ClH/c1-9-6-10(14(18)19)7-12-13(9)17(8-16-12)11-2-4-15-5-3-11;/h6-8,11,15H,2-5H2,1H3,(H,18,19);1H. The largest absolute Gasteiger partial charge is 0.478 e. The normalized spacial score (nSPS) is 16.1. The minimum absolute atomic E-state index is 0. The zero-order chi connectivity index (χ0) is 13.4. The van der Waals surface area contributed by atoms with Crippen molar-refractivity contribution < 1.29 is 9.90 Å². The van der Waals surface area contributed by atoms with Gasteiger partial charge in [0.2, 0.25) is 0 Å². The van der Waals surface area contributed by atoms with Gasteiger partial charge in [-0.15, -0.1) is 12.4 Å². The van der Waals surface area contributed by atoms with E-state index in [-0.39, 0.29) is 12.4 Å². The number of nitrogens with one attached hydrogen (secondary N) is 1. The summed E-state index contributed by atoms with van der Waals surface area (Å²) >= 11 is 0. The minimum atomic E-state index is -0.901. The lowest BCUT2D eigenvalue weighted by Gasteiger charge is -2.25. The number of carboxylic acids is 1. The molecule has 2 aromatic rings. The van der Waals surface area contributed by atoms with Gasteiger partial charge in [0, 0.05) is 6.04 Å². The van der Waals surface area contributed by atoms with Crippen LogP contribution in [-0.2, 0) is 0 Å². The van der Waals surface area contributed by atoms with Crippen molar-refractivity contribution in [1.29, 1.82) is 0 Å². The number of piperidine rings is 1. The number of nitrogens with zero attached hydrogens (tertiary/aromatic N) is 2.